The van der Waals surface area contributed by atoms with E-state index in [1.165, 1.54) is 11.8 Å². The van der Waals surface area contributed by atoms with Gasteiger partial charge in [-0.05, 0) is 22.8 Å². The summed E-state index contributed by atoms with van der Waals surface area (Å²) in [7, 11) is 0. The summed E-state index contributed by atoms with van der Waals surface area (Å²) in [6, 6.07) is 18.1. The fourth-order valence-electron chi connectivity index (χ4n) is 2.07. The Morgan fingerprint density at radius 2 is 1.70 bits per heavy atom. The Kier molecular flexibility index (Phi) is 3.67. The van der Waals surface area contributed by atoms with Gasteiger partial charge in [0.1, 0.15) is 4.32 Å². The molecule has 2 aromatic rings. The fourth-order valence-corrected chi connectivity index (χ4v) is 3.10. The van der Waals surface area contributed by atoms with Crippen molar-refractivity contribution in [2.24, 2.45) is 0 Å². The molecular formula is C16H11NOS2. The molecule has 0 aromatic heterocycles. The van der Waals surface area contributed by atoms with E-state index in [2.05, 4.69) is 23.5 Å². The second-order valence-electron chi connectivity index (χ2n) is 4.31. The molecule has 98 valence electrons. The van der Waals surface area contributed by atoms with Crippen LogP contribution in [-0.2, 0) is 4.79 Å². The second-order valence-corrected chi connectivity index (χ2v) is 6.02. The minimum atomic E-state index is -0.122. The molecule has 1 fully saturated rings. The molecule has 1 heterocycles. The highest BCUT2D eigenvalue weighted by atomic mass is 32.2. The van der Waals surface area contributed by atoms with Gasteiger partial charge in [0.15, 0.2) is 0 Å². The van der Waals surface area contributed by atoms with Crippen LogP contribution in [0.3, 0.4) is 0 Å². The van der Waals surface area contributed by atoms with Crippen molar-refractivity contribution in [1.29, 1.82) is 0 Å². The number of benzene rings is 2. The third-order valence-electron chi connectivity index (χ3n) is 2.97. The lowest BCUT2D eigenvalue weighted by Crippen LogP contribution is -2.17. The lowest BCUT2D eigenvalue weighted by molar-refractivity contribution is -0.115. The van der Waals surface area contributed by atoms with E-state index < -0.39 is 0 Å². The van der Waals surface area contributed by atoms with Crippen LogP contribution in [0.25, 0.3) is 17.2 Å². The average Bonchev–Trinajstić information content (AvgIpc) is 2.78. The summed E-state index contributed by atoms with van der Waals surface area (Å²) in [5.74, 6) is -0.122. The van der Waals surface area contributed by atoms with Crippen LogP contribution in [-0.4, -0.2) is 10.2 Å². The van der Waals surface area contributed by atoms with Gasteiger partial charge in [-0.25, -0.2) is 0 Å². The molecular weight excluding hydrogens is 286 g/mol. The highest BCUT2D eigenvalue weighted by Crippen LogP contribution is 2.30. The number of thiocarbonyl (C=S) groups is 1. The molecule has 1 N–H and O–H groups in total. The smallest absolute Gasteiger partial charge is 0.263 e. The maximum absolute atomic E-state index is 11.7. The largest absolute Gasteiger partial charge is 0.307 e. The van der Waals surface area contributed by atoms with Crippen molar-refractivity contribution in [2.45, 2.75) is 0 Å². The Balaban J connectivity index is 2.05. The number of nitrogens with one attached hydrogen (secondary N) is 1. The highest BCUT2D eigenvalue weighted by Gasteiger charge is 2.22. The monoisotopic (exact) mass is 297 g/mol. The van der Waals surface area contributed by atoms with Gasteiger partial charge in [0.2, 0.25) is 0 Å². The Hall–Kier alpha value is -1.91. The number of amides is 1. The van der Waals surface area contributed by atoms with E-state index in [0.29, 0.717) is 9.23 Å². The molecule has 2 aromatic carbocycles. The van der Waals surface area contributed by atoms with E-state index in [0.717, 1.165) is 16.7 Å². The van der Waals surface area contributed by atoms with Gasteiger partial charge in [-0.3, -0.25) is 4.79 Å². The third kappa shape index (κ3) is 2.66. The van der Waals surface area contributed by atoms with E-state index in [4.69, 9.17) is 12.2 Å². The normalized spacial score (nSPS) is 16.5. The van der Waals surface area contributed by atoms with Gasteiger partial charge in [-0.1, -0.05) is 78.6 Å². The zero-order valence-electron chi connectivity index (χ0n) is 10.5. The second kappa shape index (κ2) is 5.61. The minimum Gasteiger partial charge on any atom is -0.307 e. The van der Waals surface area contributed by atoms with E-state index in [1.807, 2.05) is 42.5 Å². The summed E-state index contributed by atoms with van der Waals surface area (Å²) in [5, 5.41) is 2.63. The zero-order valence-corrected chi connectivity index (χ0v) is 12.1. The van der Waals surface area contributed by atoms with Crippen molar-refractivity contribution in [3.63, 3.8) is 0 Å². The van der Waals surface area contributed by atoms with Gasteiger partial charge < -0.3 is 5.32 Å². The van der Waals surface area contributed by atoms with E-state index in [1.54, 1.807) is 0 Å². The molecule has 0 aliphatic carbocycles. The summed E-state index contributed by atoms with van der Waals surface area (Å²) in [4.78, 5) is 12.4. The minimum absolute atomic E-state index is 0.122. The molecule has 2 nitrogen and oxygen atoms in total. The molecule has 20 heavy (non-hydrogen) atoms. The molecule has 0 saturated carbocycles. The van der Waals surface area contributed by atoms with Crippen molar-refractivity contribution < 1.29 is 4.79 Å². The van der Waals surface area contributed by atoms with Crippen LogP contribution in [0.1, 0.15) is 5.56 Å². The maximum Gasteiger partial charge on any atom is 0.263 e. The highest BCUT2D eigenvalue weighted by molar-refractivity contribution is 8.26. The van der Waals surface area contributed by atoms with E-state index >= 15 is 0 Å². The molecule has 1 aliphatic heterocycles. The lowest BCUT2D eigenvalue weighted by Gasteiger charge is -2.06. The van der Waals surface area contributed by atoms with Crippen molar-refractivity contribution in [2.75, 3.05) is 0 Å². The number of hydrogen-bond donors (Lipinski definition) is 1. The Morgan fingerprint density at radius 3 is 2.40 bits per heavy atom. The Labute approximate surface area is 126 Å². The number of thioether (sulfide) groups is 1. The quantitative estimate of drug-likeness (QED) is 0.674. The molecule has 1 aliphatic rings. The van der Waals surface area contributed by atoms with Crippen LogP contribution in [0.4, 0.5) is 0 Å². The first-order valence-corrected chi connectivity index (χ1v) is 7.36. The fraction of sp³-hybridized carbons (Fsp3) is 0. The maximum atomic E-state index is 11.7. The first kappa shape index (κ1) is 13.1. The van der Waals surface area contributed by atoms with Crippen molar-refractivity contribution in [3.8, 4) is 11.1 Å². The van der Waals surface area contributed by atoms with Crippen molar-refractivity contribution >= 4 is 40.3 Å². The van der Waals surface area contributed by atoms with Crippen molar-refractivity contribution in [1.82, 2.24) is 5.32 Å². The Bertz CT molecular complexity index is 707. The van der Waals surface area contributed by atoms with Gasteiger partial charge in [-0.2, -0.15) is 0 Å². The summed E-state index contributed by atoms with van der Waals surface area (Å²) < 4.78 is 0.512. The van der Waals surface area contributed by atoms with Crippen LogP contribution in [0.5, 0.6) is 0 Å². The molecule has 3 rings (SSSR count). The summed E-state index contributed by atoms with van der Waals surface area (Å²) >= 11 is 6.31. The lowest BCUT2D eigenvalue weighted by atomic mass is 9.99. The molecule has 0 bridgehead atoms. The first-order valence-electron chi connectivity index (χ1n) is 6.13. The van der Waals surface area contributed by atoms with Crippen molar-refractivity contribution in [3.05, 3.63) is 65.1 Å². The molecule has 0 spiro atoms. The van der Waals surface area contributed by atoms with Gasteiger partial charge in [0.25, 0.3) is 5.91 Å². The third-order valence-corrected chi connectivity index (χ3v) is 4.14. The summed E-state index contributed by atoms with van der Waals surface area (Å²) in [5.41, 5.74) is 3.25. The summed E-state index contributed by atoms with van der Waals surface area (Å²) in [6.07, 6.45) is 1.89. The van der Waals surface area contributed by atoms with Gasteiger partial charge >= 0.3 is 0 Å². The first-order chi connectivity index (χ1) is 9.74. The number of rotatable bonds is 2. The molecule has 4 heteroatoms. The van der Waals surface area contributed by atoms with E-state index in [9.17, 15) is 4.79 Å². The number of carbonyl (C=O) groups excluding carboxylic acids is 1. The number of carbonyl (C=O) groups is 1. The van der Waals surface area contributed by atoms with Gasteiger partial charge in [-0.15, -0.1) is 0 Å². The Morgan fingerprint density at radius 1 is 1.00 bits per heavy atom. The van der Waals surface area contributed by atoms with Gasteiger partial charge in [0.05, 0.1) is 4.91 Å². The number of hydrogen-bond acceptors (Lipinski definition) is 3. The predicted octanol–water partition coefficient (Wildman–Crippen LogP) is 3.84. The van der Waals surface area contributed by atoms with Crippen LogP contribution < -0.4 is 5.32 Å². The zero-order chi connectivity index (χ0) is 13.9. The van der Waals surface area contributed by atoms with E-state index in [-0.39, 0.29) is 5.91 Å². The average molecular weight is 297 g/mol. The predicted molar refractivity (Wildman–Crippen MR) is 88.2 cm³/mol. The molecule has 0 unspecified atom stereocenters. The molecule has 0 atom stereocenters. The molecule has 1 amide bonds. The van der Waals surface area contributed by atoms with Gasteiger partial charge in [0, 0.05) is 0 Å². The van der Waals surface area contributed by atoms with Crippen LogP contribution >= 0.6 is 24.0 Å². The molecule has 1 saturated heterocycles. The summed E-state index contributed by atoms with van der Waals surface area (Å²) in [6.45, 7) is 0. The van der Waals surface area contributed by atoms with Crippen LogP contribution in [0.2, 0.25) is 0 Å². The standard InChI is InChI=1S/C16H11NOS2/c18-15-14(20-16(19)17-15)10-12-8-4-5-9-13(12)11-6-2-1-3-7-11/h1-10H,(H,17,18,19)/b14-10+. The topological polar surface area (TPSA) is 29.1 Å². The van der Waals surface area contributed by atoms with Crippen LogP contribution in [0.15, 0.2) is 59.5 Å². The molecule has 0 radical (unpaired) electrons. The van der Waals surface area contributed by atoms with Crippen LogP contribution in [0, 0.1) is 0 Å². The SMILES string of the molecule is O=C1NC(=S)S/C1=C/c1ccccc1-c1ccccc1.